The molecule has 3 aliphatic rings. The molecule has 226 valence electrons. The summed E-state index contributed by atoms with van der Waals surface area (Å²) < 4.78 is 28.4. The number of ether oxygens (including phenoxy) is 5. The van der Waals surface area contributed by atoms with Gasteiger partial charge in [0.2, 0.25) is 0 Å². The molecule has 0 spiro atoms. The summed E-state index contributed by atoms with van der Waals surface area (Å²) in [6.45, 7) is 10.1. The summed E-state index contributed by atoms with van der Waals surface area (Å²) in [6.07, 6.45) is 1.60. The molecule has 0 bridgehead atoms. The molecule has 2 saturated heterocycles. The first-order valence-corrected chi connectivity index (χ1v) is 14.8. The summed E-state index contributed by atoms with van der Waals surface area (Å²) in [7, 11) is 1.56. The maximum absolute atomic E-state index is 13.6. The van der Waals surface area contributed by atoms with Crippen molar-refractivity contribution >= 4 is 17.4 Å². The van der Waals surface area contributed by atoms with E-state index in [1.54, 1.807) is 42.3 Å². The highest BCUT2D eigenvalue weighted by molar-refractivity contribution is 6.46. The Labute approximate surface area is 246 Å². The van der Waals surface area contributed by atoms with Gasteiger partial charge in [-0.25, -0.2) is 0 Å². The number of carbonyl (C=O) groups is 2. The molecular formula is C32H41N2O8+. The lowest BCUT2D eigenvalue weighted by molar-refractivity contribution is -0.908. The molecule has 2 fully saturated rings. The van der Waals surface area contributed by atoms with Gasteiger partial charge in [0.15, 0.2) is 23.0 Å². The third-order valence-corrected chi connectivity index (χ3v) is 7.94. The number of aliphatic hydroxyl groups is 1. The molecule has 0 aliphatic carbocycles. The zero-order chi connectivity index (χ0) is 29.6. The maximum Gasteiger partial charge on any atom is 0.295 e. The first kappa shape index (κ1) is 29.7. The Kier molecular flexibility index (Phi) is 9.54. The second kappa shape index (κ2) is 13.5. The van der Waals surface area contributed by atoms with Crippen LogP contribution in [-0.4, -0.2) is 88.0 Å². The summed E-state index contributed by atoms with van der Waals surface area (Å²) in [5, 5.41) is 11.5. The van der Waals surface area contributed by atoms with Crippen LogP contribution < -0.4 is 23.8 Å². The quantitative estimate of drug-likeness (QED) is 0.237. The van der Waals surface area contributed by atoms with Gasteiger partial charge in [-0.2, -0.15) is 0 Å². The van der Waals surface area contributed by atoms with Gasteiger partial charge in [-0.1, -0.05) is 19.9 Å². The molecule has 0 saturated carbocycles. The van der Waals surface area contributed by atoms with E-state index in [-0.39, 0.29) is 11.3 Å². The number of methoxy groups -OCH3 is 1. The van der Waals surface area contributed by atoms with E-state index < -0.39 is 17.7 Å². The van der Waals surface area contributed by atoms with Crippen LogP contribution in [0, 0.1) is 5.92 Å². The van der Waals surface area contributed by atoms with Crippen LogP contribution in [0.2, 0.25) is 0 Å². The molecule has 10 nitrogen and oxygen atoms in total. The molecule has 3 aliphatic heterocycles. The van der Waals surface area contributed by atoms with Gasteiger partial charge in [-0.15, -0.1) is 0 Å². The minimum atomic E-state index is -0.795. The number of hydrogen-bond donors (Lipinski definition) is 2. The molecule has 42 heavy (non-hydrogen) atoms. The highest BCUT2D eigenvalue weighted by Gasteiger charge is 2.46. The Morgan fingerprint density at radius 1 is 1.02 bits per heavy atom. The standard InChI is InChI=1S/C32H40N2O8/c1-21(2)9-14-40-24-7-5-22(19-26(24)38-3)29-28(30(35)23-6-8-25-27(20-23)42-18-17-41-25)31(36)32(37)34(29)11-4-10-33-12-15-39-16-13-33/h5-8,19-21,29,35H,4,9-18H2,1-3H3/p+1/t29-/m1/s1. The van der Waals surface area contributed by atoms with E-state index in [1.165, 1.54) is 4.90 Å². The number of ketones is 1. The number of carbonyl (C=O) groups excluding carboxylic acids is 2. The first-order valence-electron chi connectivity index (χ1n) is 14.8. The van der Waals surface area contributed by atoms with Crippen molar-refractivity contribution in [1.82, 2.24) is 4.90 Å². The molecule has 0 aromatic heterocycles. The predicted octanol–water partition coefficient (Wildman–Crippen LogP) is 2.62. The van der Waals surface area contributed by atoms with Gasteiger partial charge in [0.05, 0.1) is 45.1 Å². The summed E-state index contributed by atoms with van der Waals surface area (Å²) in [5.74, 6) is 1.02. The monoisotopic (exact) mass is 581 g/mol. The number of quaternary nitrogens is 1. The topological polar surface area (TPSA) is 108 Å². The highest BCUT2D eigenvalue weighted by Crippen LogP contribution is 2.43. The predicted molar refractivity (Wildman–Crippen MR) is 155 cm³/mol. The number of benzene rings is 2. The van der Waals surface area contributed by atoms with E-state index in [0.29, 0.717) is 72.8 Å². The SMILES string of the molecule is COc1cc([C@@H]2C(=C(O)c3ccc4c(c3)OCCO4)C(=O)C(=O)N2CCC[NH+]2CCOCC2)ccc1OCCC(C)C. The van der Waals surface area contributed by atoms with Crippen molar-refractivity contribution in [2.45, 2.75) is 32.7 Å². The normalized spacial score (nSPS) is 20.3. The lowest BCUT2D eigenvalue weighted by atomic mass is 9.94. The van der Waals surface area contributed by atoms with Gasteiger partial charge in [-0.3, -0.25) is 9.59 Å². The number of nitrogens with one attached hydrogen (secondary N) is 1. The van der Waals surface area contributed by atoms with Crippen LogP contribution in [0.15, 0.2) is 42.0 Å². The van der Waals surface area contributed by atoms with Gasteiger partial charge in [0.1, 0.15) is 32.1 Å². The van der Waals surface area contributed by atoms with Crippen molar-refractivity contribution in [3.8, 4) is 23.0 Å². The van der Waals surface area contributed by atoms with Crippen LogP contribution >= 0.6 is 0 Å². The van der Waals surface area contributed by atoms with Gasteiger partial charge in [0.25, 0.3) is 11.7 Å². The third kappa shape index (κ3) is 6.50. The van der Waals surface area contributed by atoms with E-state index in [1.807, 2.05) is 6.07 Å². The van der Waals surface area contributed by atoms with Crippen molar-refractivity contribution in [2.75, 3.05) is 66.3 Å². The van der Waals surface area contributed by atoms with E-state index in [0.717, 1.165) is 39.3 Å². The Morgan fingerprint density at radius 2 is 1.79 bits per heavy atom. The van der Waals surface area contributed by atoms with Crippen LogP contribution in [-0.2, 0) is 14.3 Å². The molecule has 1 amide bonds. The van der Waals surface area contributed by atoms with Crippen molar-refractivity contribution in [3.05, 3.63) is 53.1 Å². The van der Waals surface area contributed by atoms with Crippen molar-refractivity contribution in [1.29, 1.82) is 0 Å². The molecule has 3 heterocycles. The molecule has 0 unspecified atom stereocenters. The van der Waals surface area contributed by atoms with Crippen LogP contribution in [0.4, 0.5) is 0 Å². The fourth-order valence-electron chi connectivity index (χ4n) is 5.59. The van der Waals surface area contributed by atoms with Gasteiger partial charge in [-0.05, 0) is 48.2 Å². The maximum atomic E-state index is 13.6. The molecule has 2 N–H and O–H groups in total. The molecule has 2 aromatic carbocycles. The molecule has 10 heteroatoms. The summed E-state index contributed by atoms with van der Waals surface area (Å²) >= 11 is 0. The lowest BCUT2D eigenvalue weighted by Crippen LogP contribution is -3.14. The molecular weight excluding hydrogens is 540 g/mol. The molecule has 2 aromatic rings. The second-order valence-corrected chi connectivity index (χ2v) is 11.3. The average Bonchev–Trinajstić information content (AvgIpc) is 3.26. The van der Waals surface area contributed by atoms with Crippen molar-refractivity contribution < 1.29 is 43.3 Å². The highest BCUT2D eigenvalue weighted by atomic mass is 16.6. The van der Waals surface area contributed by atoms with Gasteiger partial charge in [0, 0.05) is 18.5 Å². The Bertz CT molecular complexity index is 1320. The number of likely N-dealkylation sites (tertiary alicyclic amines) is 1. The van der Waals surface area contributed by atoms with Crippen LogP contribution in [0.25, 0.3) is 5.76 Å². The fourth-order valence-corrected chi connectivity index (χ4v) is 5.59. The number of rotatable bonds is 11. The summed E-state index contributed by atoms with van der Waals surface area (Å²) in [4.78, 5) is 30.0. The van der Waals surface area contributed by atoms with Gasteiger partial charge >= 0.3 is 0 Å². The van der Waals surface area contributed by atoms with Crippen LogP contribution in [0.3, 0.4) is 0 Å². The average molecular weight is 582 g/mol. The first-order chi connectivity index (χ1) is 20.4. The van der Waals surface area contributed by atoms with Crippen molar-refractivity contribution in [2.24, 2.45) is 5.92 Å². The van der Waals surface area contributed by atoms with E-state index >= 15 is 0 Å². The zero-order valence-electron chi connectivity index (χ0n) is 24.6. The number of morpholine rings is 1. The number of aliphatic hydroxyl groups excluding tert-OH is 1. The summed E-state index contributed by atoms with van der Waals surface area (Å²) in [5.41, 5.74) is 1.06. The van der Waals surface area contributed by atoms with E-state index in [9.17, 15) is 14.7 Å². The Hall–Kier alpha value is -3.76. The number of fused-ring (bicyclic) bond motifs is 1. The van der Waals surface area contributed by atoms with Crippen LogP contribution in [0.5, 0.6) is 23.0 Å². The molecule has 1 atom stereocenters. The van der Waals surface area contributed by atoms with E-state index in [4.69, 9.17) is 23.7 Å². The smallest absolute Gasteiger partial charge is 0.295 e. The van der Waals surface area contributed by atoms with Crippen molar-refractivity contribution in [3.63, 3.8) is 0 Å². The molecule has 5 rings (SSSR count). The number of nitrogens with zero attached hydrogens (tertiary/aromatic N) is 1. The number of hydrogen-bond acceptors (Lipinski definition) is 8. The van der Waals surface area contributed by atoms with Gasteiger partial charge < -0.3 is 38.6 Å². The minimum Gasteiger partial charge on any atom is -0.507 e. The van der Waals surface area contributed by atoms with E-state index in [2.05, 4.69) is 13.8 Å². The fraction of sp³-hybridized carbons (Fsp3) is 0.500. The minimum absolute atomic E-state index is 0.0333. The Balaban J connectivity index is 1.49. The Morgan fingerprint density at radius 3 is 2.52 bits per heavy atom. The largest absolute Gasteiger partial charge is 0.507 e. The molecule has 0 radical (unpaired) electrons. The summed E-state index contributed by atoms with van der Waals surface area (Å²) in [6, 6.07) is 9.64. The lowest BCUT2D eigenvalue weighted by Gasteiger charge is -2.28. The number of Topliss-reactive ketones (excluding diaryl/α,β-unsaturated/α-hetero) is 1. The number of amides is 1. The zero-order valence-corrected chi connectivity index (χ0v) is 24.6. The third-order valence-electron chi connectivity index (χ3n) is 7.94. The second-order valence-electron chi connectivity index (χ2n) is 11.3. The van der Waals surface area contributed by atoms with Crippen LogP contribution in [0.1, 0.15) is 43.9 Å².